The van der Waals surface area contributed by atoms with Crippen LogP contribution in [0.25, 0.3) is 33.5 Å². The van der Waals surface area contributed by atoms with Gasteiger partial charge < -0.3 is 19.5 Å². The standard InChI is InChI=1S/C33H32ClN2O5P/c1-3-33(4-2,42(38,39)40)24-14-18-26(19-15-24)35-30(37)21-20-29-31(23-12-16-25(34)17-13-23)36-32(41-29)28-11-7-9-22-8-5-6-10-27(22)28/h5-19H,3-4,20-21H2,1-2H3,(H,35,37)(H2,38,39,40). The van der Waals surface area contributed by atoms with Gasteiger partial charge in [-0.3, -0.25) is 9.36 Å². The fourth-order valence-electron chi connectivity index (χ4n) is 5.43. The van der Waals surface area contributed by atoms with E-state index in [-0.39, 0.29) is 12.3 Å². The Bertz CT molecular complexity index is 1750. The second-order valence-electron chi connectivity index (χ2n) is 10.2. The molecule has 5 rings (SSSR count). The Morgan fingerprint density at radius 3 is 2.26 bits per heavy atom. The summed E-state index contributed by atoms with van der Waals surface area (Å²) in [5.74, 6) is 0.839. The lowest BCUT2D eigenvalue weighted by molar-refractivity contribution is -0.116. The zero-order chi connectivity index (χ0) is 29.9. The van der Waals surface area contributed by atoms with Crippen molar-refractivity contribution in [3.8, 4) is 22.7 Å². The SMILES string of the molecule is CCC(CC)(c1ccc(NC(=O)CCc2oc(-c3cccc4ccccc34)nc2-c2ccc(Cl)cc2)cc1)P(=O)(O)O. The van der Waals surface area contributed by atoms with Crippen LogP contribution in [-0.4, -0.2) is 20.7 Å². The number of halogens is 1. The van der Waals surface area contributed by atoms with Gasteiger partial charge in [-0.15, -0.1) is 0 Å². The lowest BCUT2D eigenvalue weighted by atomic mass is 9.92. The van der Waals surface area contributed by atoms with Crippen LogP contribution >= 0.6 is 19.2 Å². The molecule has 1 heterocycles. The topological polar surface area (TPSA) is 113 Å². The number of hydrogen-bond donors (Lipinski definition) is 3. The number of hydrogen-bond acceptors (Lipinski definition) is 4. The van der Waals surface area contributed by atoms with Crippen LogP contribution in [0.5, 0.6) is 0 Å². The van der Waals surface area contributed by atoms with Crippen LogP contribution in [0.1, 0.15) is 44.4 Å². The average molecular weight is 603 g/mol. The summed E-state index contributed by atoms with van der Waals surface area (Å²) in [5.41, 5.74) is 3.45. The van der Waals surface area contributed by atoms with Crippen LogP contribution in [-0.2, 0) is 20.9 Å². The first-order valence-corrected chi connectivity index (χ1v) is 15.8. The Balaban J connectivity index is 1.37. The summed E-state index contributed by atoms with van der Waals surface area (Å²) in [7, 11) is -4.39. The summed E-state index contributed by atoms with van der Waals surface area (Å²) in [6.45, 7) is 3.54. The van der Waals surface area contributed by atoms with Crippen molar-refractivity contribution in [3.63, 3.8) is 0 Å². The number of rotatable bonds is 10. The van der Waals surface area contributed by atoms with Crippen molar-refractivity contribution in [1.82, 2.24) is 4.98 Å². The number of anilines is 1. The van der Waals surface area contributed by atoms with Crippen molar-refractivity contribution in [1.29, 1.82) is 0 Å². The third-order valence-corrected chi connectivity index (χ3v) is 10.1. The molecule has 216 valence electrons. The first kappa shape index (κ1) is 29.7. The molecule has 5 aromatic rings. The Labute approximate surface area is 249 Å². The second kappa shape index (κ2) is 12.2. The zero-order valence-corrected chi connectivity index (χ0v) is 25.0. The average Bonchev–Trinajstić information content (AvgIpc) is 3.41. The van der Waals surface area contributed by atoms with Gasteiger partial charge in [-0.25, -0.2) is 4.98 Å². The minimum Gasteiger partial charge on any atom is -0.440 e. The van der Waals surface area contributed by atoms with Crippen LogP contribution in [0.15, 0.2) is 95.4 Å². The molecule has 0 saturated heterocycles. The summed E-state index contributed by atoms with van der Waals surface area (Å²) in [6, 6.07) is 28.0. The van der Waals surface area contributed by atoms with Crippen LogP contribution in [0.3, 0.4) is 0 Å². The van der Waals surface area contributed by atoms with E-state index in [9.17, 15) is 19.1 Å². The number of nitrogens with one attached hydrogen (secondary N) is 1. The highest BCUT2D eigenvalue weighted by molar-refractivity contribution is 7.53. The molecule has 7 nitrogen and oxygen atoms in total. The van der Waals surface area contributed by atoms with Gasteiger partial charge in [0.25, 0.3) is 0 Å². The van der Waals surface area contributed by atoms with Crippen molar-refractivity contribution in [3.05, 3.63) is 107 Å². The molecule has 0 radical (unpaired) electrons. The minimum atomic E-state index is -4.39. The van der Waals surface area contributed by atoms with Gasteiger partial charge >= 0.3 is 7.60 Å². The Hall–Kier alpha value is -3.74. The fourth-order valence-corrected chi connectivity index (χ4v) is 6.87. The molecule has 42 heavy (non-hydrogen) atoms. The largest absolute Gasteiger partial charge is 0.440 e. The molecule has 0 atom stereocenters. The molecule has 0 aliphatic carbocycles. The van der Waals surface area contributed by atoms with Gasteiger partial charge in [-0.2, -0.15) is 0 Å². The maximum atomic E-state index is 13.0. The number of nitrogens with zero attached hydrogens (tertiary/aromatic N) is 1. The maximum Gasteiger partial charge on any atom is 0.335 e. The van der Waals surface area contributed by atoms with Crippen LogP contribution < -0.4 is 5.32 Å². The monoisotopic (exact) mass is 602 g/mol. The molecule has 0 unspecified atom stereocenters. The van der Waals surface area contributed by atoms with Gasteiger partial charge in [0.15, 0.2) is 0 Å². The van der Waals surface area contributed by atoms with Gasteiger partial charge in [0.1, 0.15) is 11.5 Å². The van der Waals surface area contributed by atoms with E-state index in [0.29, 0.717) is 52.9 Å². The highest BCUT2D eigenvalue weighted by Gasteiger charge is 2.45. The molecule has 4 aromatic carbocycles. The highest BCUT2D eigenvalue weighted by Crippen LogP contribution is 2.60. The molecule has 9 heteroatoms. The normalized spacial score (nSPS) is 12.0. The molecule has 1 amide bonds. The first-order chi connectivity index (χ1) is 20.1. The van der Waals surface area contributed by atoms with E-state index in [2.05, 4.69) is 5.32 Å². The van der Waals surface area contributed by atoms with E-state index < -0.39 is 12.8 Å². The predicted octanol–water partition coefficient (Wildman–Crippen LogP) is 8.58. The minimum absolute atomic E-state index is 0.142. The summed E-state index contributed by atoms with van der Waals surface area (Å²) in [6.07, 6.45) is 1.05. The zero-order valence-electron chi connectivity index (χ0n) is 23.4. The Morgan fingerprint density at radius 2 is 1.60 bits per heavy atom. The lowest BCUT2D eigenvalue weighted by Gasteiger charge is -2.33. The summed E-state index contributed by atoms with van der Waals surface area (Å²) in [4.78, 5) is 37.9. The summed E-state index contributed by atoms with van der Waals surface area (Å²) >= 11 is 6.12. The lowest BCUT2D eigenvalue weighted by Crippen LogP contribution is -2.24. The second-order valence-corrected chi connectivity index (χ2v) is 12.6. The smallest absolute Gasteiger partial charge is 0.335 e. The third kappa shape index (κ3) is 5.92. The number of benzene rings is 4. The third-order valence-electron chi connectivity index (χ3n) is 7.85. The number of fused-ring (bicyclic) bond motifs is 1. The molecular weight excluding hydrogens is 571 g/mol. The van der Waals surface area contributed by atoms with Gasteiger partial charge in [0, 0.05) is 34.7 Å². The van der Waals surface area contributed by atoms with Crippen molar-refractivity contribution in [2.75, 3.05) is 5.32 Å². The predicted molar refractivity (Wildman–Crippen MR) is 168 cm³/mol. The molecule has 0 bridgehead atoms. The molecule has 0 spiro atoms. The summed E-state index contributed by atoms with van der Waals surface area (Å²) < 4.78 is 18.6. The Kier molecular flexibility index (Phi) is 8.67. The molecular formula is C33H32ClN2O5P. The van der Waals surface area contributed by atoms with Crippen LogP contribution in [0, 0.1) is 0 Å². The van der Waals surface area contributed by atoms with Gasteiger partial charge in [-0.05, 0) is 59.5 Å². The number of aromatic nitrogens is 1. The molecule has 0 aliphatic rings. The van der Waals surface area contributed by atoms with Gasteiger partial charge in [0.05, 0.1) is 5.16 Å². The van der Waals surface area contributed by atoms with E-state index in [1.165, 1.54) is 0 Å². The molecule has 0 fully saturated rings. The number of oxazole rings is 1. The summed E-state index contributed by atoms with van der Waals surface area (Å²) in [5, 5.41) is 4.34. The van der Waals surface area contributed by atoms with Crippen molar-refractivity contribution >= 4 is 41.6 Å². The molecule has 3 N–H and O–H groups in total. The van der Waals surface area contributed by atoms with Gasteiger partial charge in [-0.1, -0.05) is 86.1 Å². The van der Waals surface area contributed by atoms with E-state index in [4.69, 9.17) is 21.0 Å². The highest BCUT2D eigenvalue weighted by atomic mass is 35.5. The van der Waals surface area contributed by atoms with E-state index in [1.807, 2.05) is 54.6 Å². The van der Waals surface area contributed by atoms with Crippen molar-refractivity contribution < 1.29 is 23.6 Å². The quantitative estimate of drug-likeness (QED) is 0.138. The van der Waals surface area contributed by atoms with Crippen LogP contribution in [0.4, 0.5) is 5.69 Å². The van der Waals surface area contributed by atoms with E-state index in [0.717, 1.165) is 21.9 Å². The van der Waals surface area contributed by atoms with E-state index in [1.54, 1.807) is 50.2 Å². The number of amides is 1. The number of carbonyl (C=O) groups excluding carboxylic acids is 1. The van der Waals surface area contributed by atoms with Crippen LogP contribution in [0.2, 0.25) is 5.02 Å². The first-order valence-electron chi connectivity index (χ1n) is 13.8. The van der Waals surface area contributed by atoms with E-state index >= 15 is 0 Å². The maximum absolute atomic E-state index is 13.0. The Morgan fingerprint density at radius 1 is 0.929 bits per heavy atom. The molecule has 1 aromatic heterocycles. The van der Waals surface area contributed by atoms with Gasteiger partial charge in [0.2, 0.25) is 11.8 Å². The fraction of sp³-hybridized carbons (Fsp3) is 0.212. The molecule has 0 aliphatic heterocycles. The number of aryl methyl sites for hydroxylation is 1. The van der Waals surface area contributed by atoms with Crippen molar-refractivity contribution in [2.45, 2.75) is 44.7 Å². The van der Waals surface area contributed by atoms with Crippen molar-refractivity contribution in [2.24, 2.45) is 0 Å². The number of carbonyl (C=O) groups is 1. The molecule has 0 saturated carbocycles.